The Hall–Kier alpha value is -2.86. The van der Waals surface area contributed by atoms with Crippen LogP contribution >= 0.6 is 11.6 Å². The molecule has 1 atom stereocenters. The largest absolute Gasteiger partial charge is 0.352 e. The molecule has 0 bridgehead atoms. The third-order valence-electron chi connectivity index (χ3n) is 4.71. The zero-order valence-corrected chi connectivity index (χ0v) is 16.6. The fraction of sp³-hybridized carbons (Fsp3) is 0.286. The number of carbonyl (C=O) groups is 1. The minimum atomic E-state index is -0.716. The molecule has 0 saturated heterocycles. The first-order chi connectivity index (χ1) is 13.4. The summed E-state index contributed by atoms with van der Waals surface area (Å²) < 4.78 is 2.68. The average molecular weight is 400 g/mol. The zero-order chi connectivity index (χ0) is 20.3. The molecule has 1 aromatic heterocycles. The number of nitrogens with one attached hydrogen (secondary N) is 1. The molecule has 0 aliphatic heterocycles. The van der Waals surface area contributed by atoms with Gasteiger partial charge in [-0.3, -0.25) is 23.5 Å². The van der Waals surface area contributed by atoms with Gasteiger partial charge in [-0.1, -0.05) is 42.8 Å². The maximum Gasteiger partial charge on any atom is 0.317 e. The maximum atomic E-state index is 12.8. The van der Waals surface area contributed by atoms with Crippen LogP contribution in [0.15, 0.2) is 58.1 Å². The number of hydrogen-bond acceptors (Lipinski definition) is 3. The number of rotatable bonds is 6. The molecule has 7 heteroatoms. The summed E-state index contributed by atoms with van der Waals surface area (Å²) in [6.45, 7) is 3.90. The predicted octanol–water partition coefficient (Wildman–Crippen LogP) is 2.78. The predicted molar refractivity (Wildman–Crippen MR) is 111 cm³/mol. The summed E-state index contributed by atoms with van der Waals surface area (Å²) in [5, 5.41) is 3.43. The molecule has 146 valence electrons. The first-order valence-electron chi connectivity index (χ1n) is 9.17. The lowest BCUT2D eigenvalue weighted by atomic mass is 10.2. The zero-order valence-electron chi connectivity index (χ0n) is 15.8. The molecule has 3 rings (SSSR count). The summed E-state index contributed by atoms with van der Waals surface area (Å²) in [5.41, 5.74) is 0.610. The van der Waals surface area contributed by atoms with Crippen LogP contribution in [0.25, 0.3) is 11.0 Å². The van der Waals surface area contributed by atoms with Gasteiger partial charge < -0.3 is 5.32 Å². The number of amides is 1. The second kappa shape index (κ2) is 8.44. The highest BCUT2D eigenvalue weighted by molar-refractivity contribution is 6.30. The number of halogens is 1. The molecule has 0 saturated carbocycles. The van der Waals surface area contributed by atoms with Gasteiger partial charge in [0.05, 0.1) is 17.6 Å². The second-order valence-corrected chi connectivity index (χ2v) is 7.21. The molecule has 0 radical (unpaired) electrons. The van der Waals surface area contributed by atoms with Gasteiger partial charge in [0.15, 0.2) is 0 Å². The van der Waals surface area contributed by atoms with E-state index in [-0.39, 0.29) is 25.0 Å². The van der Waals surface area contributed by atoms with Crippen LogP contribution in [0.4, 0.5) is 0 Å². The third kappa shape index (κ3) is 4.17. The van der Waals surface area contributed by atoms with Crippen LogP contribution < -0.4 is 16.4 Å². The van der Waals surface area contributed by atoms with E-state index in [0.717, 1.165) is 12.0 Å². The Bertz CT molecular complexity index is 1120. The molecule has 6 nitrogen and oxygen atoms in total. The van der Waals surface area contributed by atoms with Crippen LogP contribution in [0, 0.1) is 0 Å². The SMILES string of the molecule is CC[C@@H](C)NC(=O)Cn1c(=O)c(=O)n(Cc2ccc(Cl)cc2)c2ccccc21. The van der Waals surface area contributed by atoms with Crippen molar-refractivity contribution in [3.05, 3.63) is 79.8 Å². The van der Waals surface area contributed by atoms with Gasteiger partial charge in [-0.15, -0.1) is 0 Å². The molecule has 0 aliphatic carbocycles. The lowest BCUT2D eigenvalue weighted by molar-refractivity contribution is -0.122. The number of fused-ring (bicyclic) bond motifs is 1. The van der Waals surface area contributed by atoms with Crippen molar-refractivity contribution in [1.29, 1.82) is 0 Å². The van der Waals surface area contributed by atoms with Crippen LogP contribution in [0.5, 0.6) is 0 Å². The number of para-hydroxylation sites is 2. The Morgan fingerprint density at radius 3 is 2.18 bits per heavy atom. The van der Waals surface area contributed by atoms with Gasteiger partial charge in [0, 0.05) is 11.1 Å². The van der Waals surface area contributed by atoms with Crippen LogP contribution in [-0.2, 0) is 17.9 Å². The van der Waals surface area contributed by atoms with E-state index in [4.69, 9.17) is 11.6 Å². The number of carbonyl (C=O) groups excluding carboxylic acids is 1. The Balaban J connectivity index is 2.07. The first kappa shape index (κ1) is 19.9. The third-order valence-corrected chi connectivity index (χ3v) is 4.96. The summed E-state index contributed by atoms with van der Waals surface area (Å²) in [6, 6.07) is 14.2. The smallest absolute Gasteiger partial charge is 0.317 e. The summed E-state index contributed by atoms with van der Waals surface area (Å²) in [4.78, 5) is 37.9. The molecule has 1 amide bonds. The summed E-state index contributed by atoms with van der Waals surface area (Å²) in [6.07, 6.45) is 0.782. The van der Waals surface area contributed by atoms with Crippen molar-refractivity contribution in [3.63, 3.8) is 0 Å². The summed E-state index contributed by atoms with van der Waals surface area (Å²) in [5.74, 6) is -0.295. The Labute approximate surface area is 167 Å². The fourth-order valence-electron chi connectivity index (χ4n) is 3.02. The van der Waals surface area contributed by atoms with Gasteiger partial charge in [0.25, 0.3) is 0 Å². The Kier molecular flexibility index (Phi) is 5.99. The second-order valence-electron chi connectivity index (χ2n) is 6.77. The van der Waals surface area contributed by atoms with Crippen molar-refractivity contribution in [2.45, 2.75) is 39.4 Å². The van der Waals surface area contributed by atoms with Crippen LogP contribution in [0.2, 0.25) is 5.02 Å². The van der Waals surface area contributed by atoms with E-state index in [1.807, 2.05) is 26.0 Å². The monoisotopic (exact) mass is 399 g/mol. The summed E-state index contributed by atoms with van der Waals surface area (Å²) in [7, 11) is 0. The molecule has 2 aromatic carbocycles. The van der Waals surface area contributed by atoms with Gasteiger partial charge >= 0.3 is 11.1 Å². The van der Waals surface area contributed by atoms with E-state index in [0.29, 0.717) is 16.1 Å². The highest BCUT2D eigenvalue weighted by Gasteiger charge is 2.16. The van der Waals surface area contributed by atoms with Gasteiger partial charge in [0.1, 0.15) is 6.54 Å². The van der Waals surface area contributed by atoms with E-state index in [1.54, 1.807) is 36.4 Å². The van der Waals surface area contributed by atoms with E-state index in [9.17, 15) is 14.4 Å². The fourth-order valence-corrected chi connectivity index (χ4v) is 3.15. The highest BCUT2D eigenvalue weighted by atomic mass is 35.5. The molecule has 28 heavy (non-hydrogen) atoms. The average Bonchev–Trinajstić information content (AvgIpc) is 2.69. The highest BCUT2D eigenvalue weighted by Crippen LogP contribution is 2.14. The Morgan fingerprint density at radius 1 is 1.00 bits per heavy atom. The quantitative estimate of drug-likeness (QED) is 0.648. The number of benzene rings is 2. The lowest BCUT2D eigenvalue weighted by Crippen LogP contribution is -2.45. The molecule has 3 aromatic rings. The van der Waals surface area contributed by atoms with Crippen molar-refractivity contribution in [1.82, 2.24) is 14.5 Å². The van der Waals surface area contributed by atoms with Crippen LogP contribution in [-0.4, -0.2) is 21.1 Å². The Morgan fingerprint density at radius 2 is 1.57 bits per heavy atom. The van der Waals surface area contributed by atoms with E-state index in [1.165, 1.54) is 9.13 Å². The van der Waals surface area contributed by atoms with Gasteiger partial charge in [-0.25, -0.2) is 0 Å². The molecular formula is C21H22ClN3O3. The molecule has 1 heterocycles. The molecule has 0 fully saturated rings. The number of hydrogen-bond donors (Lipinski definition) is 1. The van der Waals surface area contributed by atoms with Crippen molar-refractivity contribution in [3.8, 4) is 0 Å². The molecule has 0 spiro atoms. The number of nitrogens with zero attached hydrogens (tertiary/aromatic N) is 2. The van der Waals surface area contributed by atoms with Crippen molar-refractivity contribution >= 4 is 28.5 Å². The van der Waals surface area contributed by atoms with Gasteiger partial charge in [0.2, 0.25) is 5.91 Å². The molecule has 0 unspecified atom stereocenters. The summed E-state index contributed by atoms with van der Waals surface area (Å²) >= 11 is 5.92. The minimum Gasteiger partial charge on any atom is -0.352 e. The van der Waals surface area contributed by atoms with E-state index in [2.05, 4.69) is 5.32 Å². The van der Waals surface area contributed by atoms with Gasteiger partial charge in [-0.2, -0.15) is 0 Å². The van der Waals surface area contributed by atoms with Crippen molar-refractivity contribution in [2.75, 3.05) is 0 Å². The van der Waals surface area contributed by atoms with Crippen molar-refractivity contribution < 1.29 is 4.79 Å². The molecule has 1 N–H and O–H groups in total. The lowest BCUT2D eigenvalue weighted by Gasteiger charge is -2.16. The minimum absolute atomic E-state index is 0.000240. The topological polar surface area (TPSA) is 73.1 Å². The number of aromatic nitrogens is 2. The van der Waals surface area contributed by atoms with Crippen LogP contribution in [0.1, 0.15) is 25.8 Å². The van der Waals surface area contributed by atoms with E-state index >= 15 is 0 Å². The van der Waals surface area contributed by atoms with Crippen LogP contribution in [0.3, 0.4) is 0 Å². The standard InChI is InChI=1S/C21H22ClN3O3/c1-3-14(2)23-19(26)13-25-18-7-5-4-6-17(18)24(20(27)21(25)28)12-15-8-10-16(22)11-9-15/h4-11,14H,3,12-13H2,1-2H3,(H,23,26)/t14-/m1/s1. The first-order valence-corrected chi connectivity index (χ1v) is 9.54. The molecular weight excluding hydrogens is 378 g/mol. The van der Waals surface area contributed by atoms with Crippen molar-refractivity contribution in [2.24, 2.45) is 0 Å². The normalized spacial score (nSPS) is 12.1. The van der Waals surface area contributed by atoms with E-state index < -0.39 is 11.1 Å². The molecule has 0 aliphatic rings. The van der Waals surface area contributed by atoms with Gasteiger partial charge in [-0.05, 0) is 43.2 Å². The maximum absolute atomic E-state index is 12.8.